The number of hydrogen-bond acceptors (Lipinski definition) is 3. The molecule has 3 heteroatoms. The molecule has 1 aromatic rings. The van der Waals surface area contributed by atoms with Gasteiger partial charge in [-0.1, -0.05) is 20.8 Å². The highest BCUT2D eigenvalue weighted by Crippen LogP contribution is 2.25. The van der Waals surface area contributed by atoms with Gasteiger partial charge in [0.15, 0.2) is 0 Å². The molecule has 0 bridgehead atoms. The maximum Gasteiger partial charge on any atom is 0.116 e. The van der Waals surface area contributed by atoms with E-state index in [4.69, 9.17) is 0 Å². The molecule has 2 rings (SSSR count). The molecule has 0 saturated carbocycles. The molecule has 1 aromatic heterocycles. The van der Waals surface area contributed by atoms with Crippen LogP contribution in [0.3, 0.4) is 0 Å². The average Bonchev–Trinajstić information content (AvgIpc) is 2.43. The highest BCUT2D eigenvalue weighted by Gasteiger charge is 2.17. The predicted molar refractivity (Wildman–Crippen MR) is 61.7 cm³/mol. The van der Waals surface area contributed by atoms with Gasteiger partial charge in [-0.05, 0) is 11.6 Å². The minimum Gasteiger partial charge on any atom is -0.309 e. The smallest absolute Gasteiger partial charge is 0.116 e. The van der Waals surface area contributed by atoms with Crippen LogP contribution >= 0.6 is 11.3 Å². The van der Waals surface area contributed by atoms with Crippen molar-refractivity contribution in [2.24, 2.45) is 0 Å². The number of thiazole rings is 1. The Morgan fingerprint density at radius 2 is 2.14 bits per heavy atom. The third-order valence-corrected chi connectivity index (χ3v) is 3.11. The Morgan fingerprint density at radius 3 is 2.57 bits per heavy atom. The third kappa shape index (κ3) is 2.04. The quantitative estimate of drug-likeness (QED) is 0.766. The zero-order valence-corrected chi connectivity index (χ0v) is 9.74. The van der Waals surface area contributed by atoms with Gasteiger partial charge in [-0.25, -0.2) is 4.98 Å². The molecule has 1 N–H and O–H groups in total. The van der Waals surface area contributed by atoms with Crippen LogP contribution in [-0.2, 0) is 5.41 Å². The maximum absolute atomic E-state index is 4.62. The molecule has 0 amide bonds. The lowest BCUT2D eigenvalue weighted by atomic mass is 9.93. The van der Waals surface area contributed by atoms with Crippen molar-refractivity contribution in [1.29, 1.82) is 0 Å². The van der Waals surface area contributed by atoms with E-state index in [9.17, 15) is 0 Å². The van der Waals surface area contributed by atoms with Gasteiger partial charge in [-0.15, -0.1) is 11.3 Å². The second-order valence-electron chi connectivity index (χ2n) is 4.73. The fourth-order valence-corrected chi connectivity index (χ4v) is 2.27. The molecule has 0 aliphatic carbocycles. The first-order valence-corrected chi connectivity index (χ1v) is 5.80. The zero-order chi connectivity index (χ0) is 10.2. The van der Waals surface area contributed by atoms with Crippen LogP contribution in [-0.4, -0.2) is 18.1 Å². The number of nitrogens with one attached hydrogen (secondary N) is 1. The SMILES string of the molecule is CC(C)(C)c1csc(C=C2CNC2)n1. The van der Waals surface area contributed by atoms with Gasteiger partial charge >= 0.3 is 0 Å². The van der Waals surface area contributed by atoms with E-state index >= 15 is 0 Å². The topological polar surface area (TPSA) is 24.9 Å². The highest BCUT2D eigenvalue weighted by molar-refractivity contribution is 7.10. The summed E-state index contributed by atoms with van der Waals surface area (Å²) in [6.07, 6.45) is 2.20. The molecule has 1 saturated heterocycles. The van der Waals surface area contributed by atoms with E-state index in [2.05, 4.69) is 42.5 Å². The number of rotatable bonds is 1. The van der Waals surface area contributed by atoms with Crippen molar-refractivity contribution >= 4 is 17.4 Å². The average molecular weight is 208 g/mol. The minimum atomic E-state index is 0.172. The fraction of sp³-hybridized carbons (Fsp3) is 0.545. The van der Waals surface area contributed by atoms with Crippen LogP contribution < -0.4 is 5.32 Å². The van der Waals surface area contributed by atoms with Gasteiger partial charge in [0.05, 0.1) is 5.69 Å². The lowest BCUT2D eigenvalue weighted by Crippen LogP contribution is -2.33. The van der Waals surface area contributed by atoms with Gasteiger partial charge in [-0.3, -0.25) is 0 Å². The molecule has 0 radical (unpaired) electrons. The molecule has 14 heavy (non-hydrogen) atoms. The summed E-state index contributed by atoms with van der Waals surface area (Å²) >= 11 is 1.74. The lowest BCUT2D eigenvalue weighted by Gasteiger charge is -2.17. The lowest BCUT2D eigenvalue weighted by molar-refractivity contribution is 0.572. The fourth-order valence-electron chi connectivity index (χ4n) is 1.24. The van der Waals surface area contributed by atoms with E-state index in [1.165, 1.54) is 11.3 Å². The van der Waals surface area contributed by atoms with Gasteiger partial charge in [0.25, 0.3) is 0 Å². The Bertz CT molecular complexity index is 352. The van der Waals surface area contributed by atoms with Gasteiger partial charge in [0.2, 0.25) is 0 Å². The molecular weight excluding hydrogens is 192 g/mol. The Labute approximate surface area is 89.1 Å². The zero-order valence-electron chi connectivity index (χ0n) is 8.92. The van der Waals surface area contributed by atoms with Crippen molar-refractivity contribution in [1.82, 2.24) is 10.3 Å². The van der Waals surface area contributed by atoms with Gasteiger partial charge in [0.1, 0.15) is 5.01 Å². The molecular formula is C11H16N2S. The molecule has 1 aliphatic rings. The first-order valence-electron chi connectivity index (χ1n) is 4.92. The largest absolute Gasteiger partial charge is 0.309 e. The Kier molecular flexibility index (Phi) is 2.45. The summed E-state index contributed by atoms with van der Waals surface area (Å²) in [4.78, 5) is 4.62. The predicted octanol–water partition coefficient (Wildman–Crippen LogP) is 2.43. The maximum atomic E-state index is 4.62. The summed E-state index contributed by atoms with van der Waals surface area (Å²) in [6.45, 7) is 8.66. The minimum absolute atomic E-state index is 0.172. The van der Waals surface area contributed by atoms with Crippen LogP contribution in [0.2, 0.25) is 0 Å². The molecule has 76 valence electrons. The Balaban J connectivity index is 2.17. The van der Waals surface area contributed by atoms with Crippen molar-refractivity contribution in [3.8, 4) is 0 Å². The first-order chi connectivity index (χ1) is 6.55. The summed E-state index contributed by atoms with van der Waals surface area (Å²) < 4.78 is 0. The van der Waals surface area contributed by atoms with Gasteiger partial charge in [0, 0.05) is 23.9 Å². The van der Waals surface area contributed by atoms with Crippen LogP contribution in [0.4, 0.5) is 0 Å². The van der Waals surface area contributed by atoms with Crippen molar-refractivity contribution < 1.29 is 0 Å². The van der Waals surface area contributed by atoms with Crippen LogP contribution in [0, 0.1) is 0 Å². The van der Waals surface area contributed by atoms with Crippen LogP contribution in [0.1, 0.15) is 31.5 Å². The normalized spacial score (nSPS) is 16.6. The Morgan fingerprint density at radius 1 is 1.43 bits per heavy atom. The molecule has 0 unspecified atom stereocenters. The second kappa shape index (κ2) is 3.48. The monoisotopic (exact) mass is 208 g/mol. The van der Waals surface area contributed by atoms with E-state index in [0.717, 1.165) is 18.1 Å². The number of nitrogens with zero attached hydrogens (tertiary/aromatic N) is 1. The first kappa shape index (κ1) is 9.87. The molecule has 0 spiro atoms. The summed E-state index contributed by atoms with van der Waals surface area (Å²) in [6, 6.07) is 0. The van der Waals surface area contributed by atoms with E-state index in [1.54, 1.807) is 11.3 Å². The molecule has 1 aliphatic heterocycles. The van der Waals surface area contributed by atoms with Crippen molar-refractivity contribution in [3.05, 3.63) is 21.7 Å². The van der Waals surface area contributed by atoms with E-state index in [-0.39, 0.29) is 5.41 Å². The van der Waals surface area contributed by atoms with Crippen LogP contribution in [0.15, 0.2) is 11.0 Å². The highest BCUT2D eigenvalue weighted by atomic mass is 32.1. The van der Waals surface area contributed by atoms with Crippen molar-refractivity contribution in [3.63, 3.8) is 0 Å². The summed E-state index contributed by atoms with van der Waals surface area (Å²) in [7, 11) is 0. The van der Waals surface area contributed by atoms with E-state index in [0.29, 0.717) is 0 Å². The molecule has 2 nitrogen and oxygen atoms in total. The summed E-state index contributed by atoms with van der Waals surface area (Å²) in [5.41, 5.74) is 2.83. The molecule has 0 aromatic carbocycles. The summed E-state index contributed by atoms with van der Waals surface area (Å²) in [5, 5.41) is 6.54. The Hall–Kier alpha value is -0.670. The van der Waals surface area contributed by atoms with E-state index < -0.39 is 0 Å². The van der Waals surface area contributed by atoms with Gasteiger partial charge in [-0.2, -0.15) is 0 Å². The number of hydrogen-bond donors (Lipinski definition) is 1. The molecule has 2 heterocycles. The van der Waals surface area contributed by atoms with Gasteiger partial charge < -0.3 is 5.32 Å². The van der Waals surface area contributed by atoms with Crippen molar-refractivity contribution in [2.45, 2.75) is 26.2 Å². The second-order valence-corrected chi connectivity index (χ2v) is 5.62. The van der Waals surface area contributed by atoms with Crippen LogP contribution in [0.5, 0.6) is 0 Å². The summed E-state index contributed by atoms with van der Waals surface area (Å²) in [5.74, 6) is 0. The van der Waals surface area contributed by atoms with Crippen molar-refractivity contribution in [2.75, 3.05) is 13.1 Å². The standard InChI is InChI=1S/C11H16N2S/c1-11(2,3)9-7-14-10(13-9)4-8-5-12-6-8/h4,7,12H,5-6H2,1-3H3. The molecule has 1 fully saturated rings. The van der Waals surface area contributed by atoms with Crippen LogP contribution in [0.25, 0.3) is 6.08 Å². The molecule has 0 atom stereocenters. The number of aromatic nitrogens is 1. The van der Waals surface area contributed by atoms with E-state index in [1.807, 2.05) is 0 Å². The third-order valence-electron chi connectivity index (χ3n) is 2.32.